The second kappa shape index (κ2) is 11.5. The monoisotopic (exact) mass is 341 g/mol. The maximum atomic E-state index is 11.9. The Morgan fingerprint density at radius 1 is 1.33 bits per heavy atom. The topological polar surface area (TPSA) is 53.6 Å². The second-order valence-electron chi connectivity index (χ2n) is 5.79. The largest absolute Gasteiger partial charge is 0.378 e. The van der Waals surface area contributed by atoms with E-state index in [9.17, 15) is 4.79 Å². The van der Waals surface area contributed by atoms with Crippen LogP contribution in [0, 0.1) is 5.92 Å². The van der Waals surface area contributed by atoms with Crippen LogP contribution < -0.4 is 10.6 Å². The molecule has 0 saturated carbocycles. The summed E-state index contributed by atoms with van der Waals surface area (Å²) < 4.78 is 5.30. The molecule has 0 bridgehead atoms. The van der Waals surface area contributed by atoms with Gasteiger partial charge in [-0.05, 0) is 31.8 Å². The zero-order valence-corrected chi connectivity index (χ0v) is 14.4. The lowest BCUT2D eigenvalue weighted by Gasteiger charge is -2.29. The number of nitrogens with zero attached hydrogens (tertiary/aromatic N) is 1. The highest BCUT2D eigenvalue weighted by atomic mass is 35.5. The van der Waals surface area contributed by atoms with Crippen LogP contribution in [0.3, 0.4) is 0 Å². The van der Waals surface area contributed by atoms with Crippen LogP contribution in [0.4, 0.5) is 0 Å². The van der Waals surface area contributed by atoms with Crippen molar-refractivity contribution < 1.29 is 9.53 Å². The molecule has 0 spiro atoms. The van der Waals surface area contributed by atoms with Crippen molar-refractivity contribution in [2.24, 2.45) is 5.92 Å². The fourth-order valence-electron chi connectivity index (χ4n) is 2.78. The second-order valence-corrected chi connectivity index (χ2v) is 5.79. The lowest BCUT2D eigenvalue weighted by atomic mass is 10.1. The fraction of sp³-hybridized carbons (Fsp3) is 0.929. The minimum Gasteiger partial charge on any atom is -0.378 e. The van der Waals surface area contributed by atoms with Crippen molar-refractivity contribution >= 4 is 30.7 Å². The van der Waals surface area contributed by atoms with Gasteiger partial charge in [0.1, 0.15) is 6.04 Å². The Labute approximate surface area is 140 Å². The molecule has 2 aliphatic rings. The maximum absolute atomic E-state index is 11.9. The highest BCUT2D eigenvalue weighted by molar-refractivity contribution is 5.85. The Balaban J connectivity index is 0.00000200. The fourth-order valence-corrected chi connectivity index (χ4v) is 2.78. The Kier molecular flexibility index (Phi) is 11.5. The number of rotatable bonds is 5. The van der Waals surface area contributed by atoms with Gasteiger partial charge in [-0.25, -0.2) is 0 Å². The average molecular weight is 342 g/mol. The van der Waals surface area contributed by atoms with Crippen molar-refractivity contribution in [3.63, 3.8) is 0 Å². The molecule has 0 aromatic heterocycles. The average Bonchev–Trinajstić information content (AvgIpc) is 2.47. The number of carbonyl (C=O) groups is 1. The number of likely N-dealkylation sites (tertiary alicyclic amines) is 1. The molecule has 2 rings (SSSR count). The van der Waals surface area contributed by atoms with E-state index in [0.717, 1.165) is 19.6 Å². The van der Waals surface area contributed by atoms with Crippen molar-refractivity contribution in [3.8, 4) is 0 Å². The summed E-state index contributed by atoms with van der Waals surface area (Å²) in [7, 11) is 0. The van der Waals surface area contributed by atoms with Crippen LogP contribution in [0.1, 0.15) is 26.2 Å². The van der Waals surface area contributed by atoms with E-state index in [1.807, 2.05) is 0 Å². The predicted molar refractivity (Wildman–Crippen MR) is 89.6 cm³/mol. The standard InChI is InChI=1S/C14H27N3O2.2ClH/c1-12(10-17-6-3-2-4-7-17)9-16-14(18)13-11-19-8-5-15-13;;/h12-13,15H,2-11H2,1H3,(H,16,18);2*1H. The number of hydrogen-bond acceptors (Lipinski definition) is 4. The Bertz CT molecular complexity index is 283. The molecule has 2 fully saturated rings. The number of amides is 1. The molecule has 0 aromatic rings. The molecule has 0 radical (unpaired) electrons. The van der Waals surface area contributed by atoms with Crippen LogP contribution in [0.15, 0.2) is 0 Å². The normalized spacial score (nSPS) is 24.3. The van der Waals surface area contributed by atoms with E-state index in [1.165, 1.54) is 32.4 Å². The smallest absolute Gasteiger partial charge is 0.239 e. The molecular formula is C14H29Cl2N3O2. The quantitative estimate of drug-likeness (QED) is 0.784. The summed E-state index contributed by atoms with van der Waals surface area (Å²) in [4.78, 5) is 14.4. The third kappa shape index (κ3) is 7.66. The summed E-state index contributed by atoms with van der Waals surface area (Å²) >= 11 is 0. The minimum absolute atomic E-state index is 0. The van der Waals surface area contributed by atoms with Gasteiger partial charge in [0.25, 0.3) is 0 Å². The van der Waals surface area contributed by atoms with Crippen LogP contribution in [0.2, 0.25) is 0 Å². The Morgan fingerprint density at radius 3 is 2.67 bits per heavy atom. The Morgan fingerprint density at radius 2 is 2.05 bits per heavy atom. The number of hydrogen-bond donors (Lipinski definition) is 2. The first kappa shape index (κ1) is 20.9. The van der Waals surface area contributed by atoms with Crippen molar-refractivity contribution in [3.05, 3.63) is 0 Å². The number of ether oxygens (including phenoxy) is 1. The molecular weight excluding hydrogens is 313 g/mol. The van der Waals surface area contributed by atoms with E-state index in [1.54, 1.807) is 0 Å². The lowest BCUT2D eigenvalue weighted by molar-refractivity contribution is -0.126. The van der Waals surface area contributed by atoms with Gasteiger partial charge in [0.2, 0.25) is 5.91 Å². The Hall–Kier alpha value is -0.0700. The SMILES string of the molecule is CC(CNC(=O)C1COCCN1)CN1CCCCC1.Cl.Cl. The first-order valence-electron chi connectivity index (χ1n) is 7.57. The van der Waals surface area contributed by atoms with Gasteiger partial charge in [-0.3, -0.25) is 4.79 Å². The third-order valence-corrected chi connectivity index (χ3v) is 3.88. The third-order valence-electron chi connectivity index (χ3n) is 3.88. The van der Waals surface area contributed by atoms with Gasteiger partial charge in [-0.15, -0.1) is 24.8 Å². The molecule has 1 amide bonds. The van der Waals surface area contributed by atoms with Gasteiger partial charge in [0, 0.05) is 19.6 Å². The van der Waals surface area contributed by atoms with Crippen molar-refractivity contribution in [1.29, 1.82) is 0 Å². The summed E-state index contributed by atoms with van der Waals surface area (Å²) in [6.45, 7) is 8.46. The number of morpholine rings is 1. The van der Waals surface area contributed by atoms with Crippen molar-refractivity contribution in [2.75, 3.05) is 45.9 Å². The minimum atomic E-state index is -0.170. The van der Waals surface area contributed by atoms with Gasteiger partial charge in [-0.1, -0.05) is 13.3 Å². The molecule has 2 saturated heterocycles. The van der Waals surface area contributed by atoms with E-state index in [4.69, 9.17) is 4.74 Å². The summed E-state index contributed by atoms with van der Waals surface area (Å²) in [5, 5.41) is 6.21. The van der Waals surface area contributed by atoms with Crippen LogP contribution in [-0.4, -0.2) is 62.8 Å². The molecule has 21 heavy (non-hydrogen) atoms. The first-order valence-corrected chi connectivity index (χ1v) is 7.57. The van der Waals surface area contributed by atoms with Gasteiger partial charge < -0.3 is 20.3 Å². The maximum Gasteiger partial charge on any atom is 0.239 e. The van der Waals surface area contributed by atoms with E-state index in [0.29, 0.717) is 19.1 Å². The van der Waals surface area contributed by atoms with Crippen molar-refractivity contribution in [1.82, 2.24) is 15.5 Å². The molecule has 7 heteroatoms. The number of halogens is 2. The number of carbonyl (C=O) groups excluding carboxylic acids is 1. The molecule has 5 nitrogen and oxygen atoms in total. The van der Waals surface area contributed by atoms with Gasteiger partial charge in [0.15, 0.2) is 0 Å². The summed E-state index contributed by atoms with van der Waals surface area (Å²) in [6, 6.07) is -0.170. The summed E-state index contributed by atoms with van der Waals surface area (Å²) in [5.41, 5.74) is 0. The molecule has 0 aliphatic carbocycles. The zero-order chi connectivity index (χ0) is 13.5. The van der Waals surface area contributed by atoms with Crippen LogP contribution in [0.25, 0.3) is 0 Å². The van der Waals surface area contributed by atoms with E-state index in [2.05, 4.69) is 22.5 Å². The summed E-state index contributed by atoms with van der Waals surface area (Å²) in [6.07, 6.45) is 4.01. The van der Waals surface area contributed by atoms with E-state index >= 15 is 0 Å². The van der Waals surface area contributed by atoms with Crippen LogP contribution in [0.5, 0.6) is 0 Å². The molecule has 2 unspecified atom stereocenters. The predicted octanol–water partition coefficient (Wildman–Crippen LogP) is 1.06. The number of nitrogens with one attached hydrogen (secondary N) is 2. The van der Waals surface area contributed by atoms with E-state index < -0.39 is 0 Å². The lowest BCUT2D eigenvalue weighted by Crippen LogP contribution is -2.52. The van der Waals surface area contributed by atoms with Gasteiger partial charge >= 0.3 is 0 Å². The molecule has 0 aromatic carbocycles. The van der Waals surface area contributed by atoms with Gasteiger partial charge in [0.05, 0.1) is 13.2 Å². The summed E-state index contributed by atoms with van der Waals surface area (Å²) in [5.74, 6) is 0.580. The molecule has 2 heterocycles. The van der Waals surface area contributed by atoms with E-state index in [-0.39, 0.29) is 36.8 Å². The first-order chi connectivity index (χ1) is 9.25. The highest BCUT2D eigenvalue weighted by Gasteiger charge is 2.21. The van der Waals surface area contributed by atoms with Crippen LogP contribution in [-0.2, 0) is 9.53 Å². The van der Waals surface area contributed by atoms with Gasteiger partial charge in [-0.2, -0.15) is 0 Å². The molecule has 2 N–H and O–H groups in total. The molecule has 2 atom stereocenters. The molecule has 126 valence electrons. The number of piperidine rings is 1. The zero-order valence-electron chi connectivity index (χ0n) is 12.8. The molecule has 2 aliphatic heterocycles. The van der Waals surface area contributed by atoms with Crippen molar-refractivity contribution in [2.45, 2.75) is 32.2 Å². The highest BCUT2D eigenvalue weighted by Crippen LogP contribution is 2.10. The van der Waals surface area contributed by atoms with Crippen LogP contribution >= 0.6 is 24.8 Å².